The van der Waals surface area contributed by atoms with Crippen molar-refractivity contribution in [3.8, 4) is 5.75 Å². The third-order valence-electron chi connectivity index (χ3n) is 4.15. The molecule has 0 aliphatic rings. The second-order valence-electron chi connectivity index (χ2n) is 5.87. The number of aromatic hydroxyl groups is 1. The fourth-order valence-corrected chi connectivity index (χ4v) is 2.60. The number of aromatic amines is 1. The Kier molecular flexibility index (Phi) is 3.56. The second kappa shape index (κ2) is 5.43. The van der Waals surface area contributed by atoms with E-state index in [1.165, 1.54) is 0 Å². The van der Waals surface area contributed by atoms with E-state index in [0.717, 1.165) is 27.6 Å². The van der Waals surface area contributed by atoms with E-state index in [0.29, 0.717) is 17.2 Å². The van der Waals surface area contributed by atoms with Crippen LogP contribution in [0, 0.1) is 27.7 Å². The Labute approximate surface area is 134 Å². The highest BCUT2D eigenvalue weighted by Crippen LogP contribution is 2.28. The average molecular weight is 309 g/mol. The Hall–Kier alpha value is -2.82. The molecule has 0 atom stereocenters. The Balaban J connectivity index is 1.95. The summed E-state index contributed by atoms with van der Waals surface area (Å²) >= 11 is 0. The normalized spacial score (nSPS) is 11.0. The average Bonchev–Trinajstić information content (AvgIpc) is 2.93. The number of aromatic nitrogens is 2. The van der Waals surface area contributed by atoms with Crippen LogP contribution in [0.4, 0.5) is 5.82 Å². The molecule has 0 spiro atoms. The van der Waals surface area contributed by atoms with Crippen molar-refractivity contribution in [1.82, 2.24) is 9.97 Å². The van der Waals surface area contributed by atoms with Crippen molar-refractivity contribution in [1.29, 1.82) is 0 Å². The summed E-state index contributed by atoms with van der Waals surface area (Å²) in [5.74, 6) is 0.387. The minimum atomic E-state index is -0.251. The van der Waals surface area contributed by atoms with Crippen LogP contribution in [0.15, 0.2) is 24.3 Å². The van der Waals surface area contributed by atoms with E-state index in [1.54, 1.807) is 13.8 Å². The molecule has 0 unspecified atom stereocenters. The Bertz CT molecular complexity index is 926. The van der Waals surface area contributed by atoms with Crippen molar-refractivity contribution in [2.24, 2.45) is 0 Å². The lowest BCUT2D eigenvalue weighted by atomic mass is 10.1. The van der Waals surface area contributed by atoms with Crippen LogP contribution in [0.5, 0.6) is 5.75 Å². The van der Waals surface area contributed by atoms with Gasteiger partial charge in [-0.2, -0.15) is 0 Å². The number of carbonyl (C=O) groups is 1. The Morgan fingerprint density at radius 1 is 1.13 bits per heavy atom. The molecule has 0 fully saturated rings. The predicted molar refractivity (Wildman–Crippen MR) is 91.1 cm³/mol. The topological polar surface area (TPSA) is 78.0 Å². The molecule has 0 saturated heterocycles. The van der Waals surface area contributed by atoms with Gasteiger partial charge in [0.2, 0.25) is 0 Å². The molecule has 5 heteroatoms. The molecule has 118 valence electrons. The first-order valence-electron chi connectivity index (χ1n) is 7.44. The number of H-pyrrole nitrogens is 1. The maximum absolute atomic E-state index is 12.5. The first-order chi connectivity index (χ1) is 10.9. The summed E-state index contributed by atoms with van der Waals surface area (Å²) in [6, 6.07) is 7.81. The zero-order valence-corrected chi connectivity index (χ0v) is 13.6. The van der Waals surface area contributed by atoms with Gasteiger partial charge in [0, 0.05) is 10.9 Å². The number of anilines is 1. The molecule has 3 rings (SSSR count). The van der Waals surface area contributed by atoms with E-state index in [1.807, 2.05) is 38.1 Å². The number of pyridine rings is 1. The number of aryl methyl sites for hydroxylation is 2. The van der Waals surface area contributed by atoms with Crippen LogP contribution in [0.2, 0.25) is 0 Å². The van der Waals surface area contributed by atoms with Gasteiger partial charge in [-0.05, 0) is 57.0 Å². The fraction of sp³-hybridized carbons (Fsp3) is 0.222. The van der Waals surface area contributed by atoms with Gasteiger partial charge in [-0.25, -0.2) is 4.98 Å². The summed E-state index contributed by atoms with van der Waals surface area (Å²) in [6.45, 7) is 7.36. The lowest BCUT2D eigenvalue weighted by Gasteiger charge is -2.12. The molecule has 5 nitrogen and oxygen atoms in total. The Morgan fingerprint density at radius 3 is 2.61 bits per heavy atom. The summed E-state index contributed by atoms with van der Waals surface area (Å²) < 4.78 is 0. The van der Waals surface area contributed by atoms with Crippen LogP contribution in [-0.4, -0.2) is 21.0 Å². The van der Waals surface area contributed by atoms with E-state index in [4.69, 9.17) is 0 Å². The standard InChI is InChI=1S/C18H19N3O2/c1-9-5-6-14-13(7-9)8-15(20-14)18(23)21-17-11(3)10(2)16(22)12(4)19-17/h5-8,20,22H,1-4H3,(H,19,21,23). The van der Waals surface area contributed by atoms with Crippen LogP contribution >= 0.6 is 0 Å². The van der Waals surface area contributed by atoms with E-state index >= 15 is 0 Å². The van der Waals surface area contributed by atoms with Gasteiger partial charge in [0.1, 0.15) is 17.3 Å². The largest absolute Gasteiger partial charge is 0.506 e. The van der Waals surface area contributed by atoms with Gasteiger partial charge in [-0.15, -0.1) is 0 Å². The van der Waals surface area contributed by atoms with Crippen LogP contribution < -0.4 is 5.32 Å². The first-order valence-corrected chi connectivity index (χ1v) is 7.44. The molecule has 3 aromatic rings. The summed E-state index contributed by atoms with van der Waals surface area (Å²) in [4.78, 5) is 19.9. The van der Waals surface area contributed by atoms with Gasteiger partial charge in [-0.3, -0.25) is 4.79 Å². The second-order valence-corrected chi connectivity index (χ2v) is 5.87. The molecule has 2 heterocycles. The van der Waals surface area contributed by atoms with Crippen molar-refractivity contribution in [2.45, 2.75) is 27.7 Å². The van der Waals surface area contributed by atoms with Crippen molar-refractivity contribution < 1.29 is 9.90 Å². The van der Waals surface area contributed by atoms with Crippen LogP contribution in [0.3, 0.4) is 0 Å². The van der Waals surface area contributed by atoms with Crippen molar-refractivity contribution in [2.75, 3.05) is 5.32 Å². The van der Waals surface area contributed by atoms with E-state index in [-0.39, 0.29) is 11.7 Å². The number of hydrogen-bond donors (Lipinski definition) is 3. The van der Waals surface area contributed by atoms with Gasteiger partial charge >= 0.3 is 0 Å². The number of amides is 1. The first kappa shape index (κ1) is 15.1. The van der Waals surface area contributed by atoms with E-state index in [2.05, 4.69) is 15.3 Å². The van der Waals surface area contributed by atoms with Crippen molar-refractivity contribution in [3.63, 3.8) is 0 Å². The number of nitrogens with one attached hydrogen (secondary N) is 2. The molecule has 0 saturated carbocycles. The van der Waals surface area contributed by atoms with Crippen molar-refractivity contribution >= 4 is 22.6 Å². The molecule has 0 aliphatic carbocycles. The monoisotopic (exact) mass is 309 g/mol. The zero-order valence-electron chi connectivity index (χ0n) is 13.6. The molecule has 1 amide bonds. The number of carbonyl (C=O) groups excluding carboxylic acids is 1. The van der Waals surface area contributed by atoms with Crippen LogP contribution in [0.1, 0.15) is 32.9 Å². The molecule has 2 aromatic heterocycles. The van der Waals surface area contributed by atoms with Gasteiger partial charge < -0.3 is 15.4 Å². The fourth-order valence-electron chi connectivity index (χ4n) is 2.60. The smallest absolute Gasteiger partial charge is 0.273 e. The number of benzene rings is 1. The third-order valence-corrected chi connectivity index (χ3v) is 4.15. The molecular formula is C18H19N3O2. The molecule has 0 aliphatic heterocycles. The number of hydrogen-bond acceptors (Lipinski definition) is 3. The molecule has 0 bridgehead atoms. The summed E-state index contributed by atoms with van der Waals surface area (Å²) in [7, 11) is 0. The highest BCUT2D eigenvalue weighted by atomic mass is 16.3. The quantitative estimate of drug-likeness (QED) is 0.674. The van der Waals surface area contributed by atoms with E-state index < -0.39 is 0 Å². The minimum absolute atomic E-state index is 0.168. The maximum atomic E-state index is 12.5. The molecule has 1 aromatic carbocycles. The van der Waals surface area contributed by atoms with Crippen LogP contribution in [0.25, 0.3) is 10.9 Å². The summed E-state index contributed by atoms with van der Waals surface area (Å²) in [6.07, 6.45) is 0. The molecule has 23 heavy (non-hydrogen) atoms. The summed E-state index contributed by atoms with van der Waals surface area (Å²) in [5.41, 5.74) is 4.52. The maximum Gasteiger partial charge on any atom is 0.273 e. The lowest BCUT2D eigenvalue weighted by molar-refractivity contribution is 0.102. The van der Waals surface area contributed by atoms with Gasteiger partial charge in [-0.1, -0.05) is 11.6 Å². The van der Waals surface area contributed by atoms with Crippen molar-refractivity contribution in [3.05, 3.63) is 52.3 Å². The van der Waals surface area contributed by atoms with E-state index in [9.17, 15) is 9.90 Å². The van der Waals surface area contributed by atoms with Crippen LogP contribution in [-0.2, 0) is 0 Å². The Morgan fingerprint density at radius 2 is 1.87 bits per heavy atom. The summed E-state index contributed by atoms with van der Waals surface area (Å²) in [5, 5.41) is 13.7. The minimum Gasteiger partial charge on any atom is -0.506 e. The van der Waals surface area contributed by atoms with Gasteiger partial charge in [0.05, 0.1) is 5.69 Å². The number of fused-ring (bicyclic) bond motifs is 1. The lowest BCUT2D eigenvalue weighted by Crippen LogP contribution is -2.15. The highest BCUT2D eigenvalue weighted by Gasteiger charge is 2.15. The predicted octanol–water partition coefficient (Wildman–Crippen LogP) is 3.75. The van der Waals surface area contributed by atoms with Gasteiger partial charge in [0.15, 0.2) is 0 Å². The highest BCUT2D eigenvalue weighted by molar-refractivity contribution is 6.05. The number of nitrogens with zero attached hydrogens (tertiary/aromatic N) is 1. The number of rotatable bonds is 2. The van der Waals surface area contributed by atoms with Gasteiger partial charge in [0.25, 0.3) is 5.91 Å². The molecule has 0 radical (unpaired) electrons. The SMILES string of the molecule is Cc1ccc2[nH]c(C(=O)Nc3nc(C)c(O)c(C)c3C)cc2c1. The molecular weight excluding hydrogens is 290 g/mol. The molecule has 3 N–H and O–H groups in total. The third kappa shape index (κ3) is 2.65. The zero-order chi connectivity index (χ0) is 16.7.